The average molecular weight is 669 g/mol. The lowest BCUT2D eigenvalue weighted by Crippen LogP contribution is -2.37. The van der Waals surface area contributed by atoms with Gasteiger partial charge in [0.2, 0.25) is 11.6 Å². The number of rotatable bonds is 7. The second-order valence-electron chi connectivity index (χ2n) is 9.05. The minimum Gasteiger partial charge on any atom is -0.494 e. The number of anilines is 2. The molecule has 3 rings (SSSR count). The molecular weight excluding hydrogens is 646 g/mol. The van der Waals surface area contributed by atoms with Crippen molar-refractivity contribution in [1.82, 2.24) is 0 Å². The van der Waals surface area contributed by atoms with Gasteiger partial charge < -0.3 is 9.64 Å². The Labute approximate surface area is 252 Å². The molecule has 3 amide bonds. The van der Waals surface area contributed by atoms with Crippen molar-refractivity contribution in [3.63, 3.8) is 0 Å². The summed E-state index contributed by atoms with van der Waals surface area (Å²) in [4.78, 5) is 41.9. The third-order valence-corrected chi connectivity index (χ3v) is 7.27. The van der Waals surface area contributed by atoms with Gasteiger partial charge in [-0.25, -0.2) is 9.29 Å². The predicted molar refractivity (Wildman–Crippen MR) is 153 cm³/mol. The summed E-state index contributed by atoms with van der Waals surface area (Å²) in [6, 6.07) is 13.7. The van der Waals surface area contributed by atoms with E-state index in [-0.39, 0.29) is 39.3 Å². The molecule has 0 aromatic heterocycles. The Kier molecular flexibility index (Phi) is 9.70. The molecule has 0 aliphatic carbocycles. The molecule has 0 fully saturated rings. The number of carbonyl (C=O) groups is 3. The third kappa shape index (κ3) is 6.12. The molecule has 0 radical (unpaired) electrons. The van der Waals surface area contributed by atoms with Crippen molar-refractivity contribution in [2.75, 3.05) is 23.5 Å². The number of hydrogen-bond donors (Lipinski definition) is 0. The van der Waals surface area contributed by atoms with Crippen LogP contribution in [0.25, 0.3) is 0 Å². The van der Waals surface area contributed by atoms with Crippen LogP contribution in [0.5, 0.6) is 5.75 Å². The zero-order valence-corrected chi connectivity index (χ0v) is 25.0. The van der Waals surface area contributed by atoms with E-state index >= 15 is 0 Å². The Bertz CT molecular complexity index is 1560. The van der Waals surface area contributed by atoms with E-state index in [0.29, 0.717) is 23.5 Å². The molecule has 0 aliphatic heterocycles. The number of amides is 3. The maximum Gasteiger partial charge on any atom is 0.426 e. The monoisotopic (exact) mass is 667 g/mol. The highest BCUT2D eigenvalue weighted by atomic mass is 79.9. The van der Waals surface area contributed by atoms with Gasteiger partial charge in [0.1, 0.15) is 0 Å². The van der Waals surface area contributed by atoms with Gasteiger partial charge >= 0.3 is 6.18 Å². The Hall–Kier alpha value is -3.95. The van der Waals surface area contributed by atoms with E-state index in [2.05, 4.69) is 15.9 Å². The standard InChI is InChI=1S/C29H23BrClF4N3O4/c1-5-37(26(40)18-11-9-17(15-36)10-12-18)23-8-6-7-20(25(23)42-4)27(41)38(16(2)39)24-21(30)13-19(14-22(24)31)28(3,32)29(33,34)35/h6-14H,5H2,1-4H3. The molecule has 13 heteroatoms. The van der Waals surface area contributed by atoms with E-state index in [1.54, 1.807) is 6.92 Å². The lowest BCUT2D eigenvalue weighted by Gasteiger charge is -2.28. The number of benzene rings is 3. The Morgan fingerprint density at radius 1 is 1.05 bits per heavy atom. The van der Waals surface area contributed by atoms with Crippen LogP contribution in [0.1, 0.15) is 52.6 Å². The molecule has 1 unspecified atom stereocenters. The summed E-state index contributed by atoms with van der Waals surface area (Å²) in [5, 5.41) is 8.54. The van der Waals surface area contributed by atoms with Gasteiger partial charge in [-0.2, -0.15) is 18.4 Å². The van der Waals surface area contributed by atoms with Crippen LogP contribution in [0.15, 0.2) is 59.1 Å². The summed E-state index contributed by atoms with van der Waals surface area (Å²) in [6.45, 7) is 3.19. The fourth-order valence-corrected chi connectivity index (χ4v) is 5.18. The summed E-state index contributed by atoms with van der Waals surface area (Å²) in [7, 11) is 1.25. The maximum absolute atomic E-state index is 14.7. The molecule has 3 aromatic carbocycles. The van der Waals surface area contributed by atoms with Crippen LogP contribution in [0.4, 0.5) is 28.9 Å². The number of imide groups is 1. The van der Waals surface area contributed by atoms with Crippen molar-refractivity contribution >= 4 is 56.6 Å². The largest absolute Gasteiger partial charge is 0.494 e. The van der Waals surface area contributed by atoms with Crippen molar-refractivity contribution in [3.8, 4) is 11.8 Å². The molecule has 7 nitrogen and oxygen atoms in total. The van der Waals surface area contributed by atoms with Crippen molar-refractivity contribution in [2.45, 2.75) is 32.6 Å². The number of ether oxygens (including phenoxy) is 1. The first-order valence-corrected chi connectivity index (χ1v) is 13.4. The Balaban J connectivity index is 2.13. The molecule has 0 bridgehead atoms. The van der Waals surface area contributed by atoms with Crippen molar-refractivity contribution in [2.24, 2.45) is 0 Å². The van der Waals surface area contributed by atoms with E-state index in [0.717, 1.165) is 13.0 Å². The first-order valence-electron chi connectivity index (χ1n) is 12.2. The van der Waals surface area contributed by atoms with Gasteiger partial charge in [0, 0.05) is 29.1 Å². The van der Waals surface area contributed by atoms with Gasteiger partial charge in [0.15, 0.2) is 5.75 Å². The molecule has 42 heavy (non-hydrogen) atoms. The number of carbonyl (C=O) groups excluding carboxylic acids is 3. The second-order valence-corrected chi connectivity index (χ2v) is 10.3. The van der Waals surface area contributed by atoms with E-state index in [1.165, 1.54) is 54.5 Å². The Morgan fingerprint density at radius 3 is 2.14 bits per heavy atom. The molecule has 1 atom stereocenters. The number of para-hydroxylation sites is 1. The van der Waals surface area contributed by atoms with Crippen molar-refractivity contribution < 1.29 is 36.7 Å². The first kappa shape index (κ1) is 32.6. The van der Waals surface area contributed by atoms with E-state index in [1.807, 2.05) is 6.07 Å². The molecule has 0 aliphatic rings. The minimum absolute atomic E-state index is 0.0742. The van der Waals surface area contributed by atoms with Crippen LogP contribution in [-0.2, 0) is 10.5 Å². The van der Waals surface area contributed by atoms with Crippen LogP contribution in [0, 0.1) is 11.3 Å². The SMILES string of the molecule is CCN(C(=O)c1ccc(C#N)cc1)c1cccc(C(=O)N(C(C)=O)c2c(Cl)cc(C(C)(F)C(F)(F)F)cc2Br)c1OC. The van der Waals surface area contributed by atoms with Crippen LogP contribution in [-0.4, -0.2) is 37.6 Å². The minimum atomic E-state index is -5.26. The van der Waals surface area contributed by atoms with Crippen LogP contribution < -0.4 is 14.5 Å². The predicted octanol–water partition coefficient (Wildman–Crippen LogP) is 7.59. The highest BCUT2D eigenvalue weighted by Crippen LogP contribution is 2.46. The molecule has 0 saturated heterocycles. The zero-order valence-electron chi connectivity index (χ0n) is 22.6. The number of alkyl halides is 4. The van der Waals surface area contributed by atoms with Gasteiger partial charge in [-0.3, -0.25) is 14.4 Å². The van der Waals surface area contributed by atoms with E-state index in [4.69, 9.17) is 21.6 Å². The zero-order chi connectivity index (χ0) is 31.6. The summed E-state index contributed by atoms with van der Waals surface area (Å²) < 4.78 is 59.9. The summed E-state index contributed by atoms with van der Waals surface area (Å²) in [5.74, 6) is -2.37. The third-order valence-electron chi connectivity index (χ3n) is 6.37. The van der Waals surface area contributed by atoms with Crippen LogP contribution in [0.3, 0.4) is 0 Å². The van der Waals surface area contributed by atoms with E-state index < -0.39 is 40.2 Å². The molecule has 0 saturated carbocycles. The summed E-state index contributed by atoms with van der Waals surface area (Å²) in [6.07, 6.45) is -5.26. The molecule has 0 N–H and O–H groups in total. The first-order chi connectivity index (χ1) is 19.6. The quantitative estimate of drug-likeness (QED) is 0.242. The average Bonchev–Trinajstić information content (AvgIpc) is 2.93. The number of nitriles is 1. The summed E-state index contributed by atoms with van der Waals surface area (Å²) in [5.41, 5.74) is -4.30. The van der Waals surface area contributed by atoms with Gasteiger partial charge in [-0.05, 0) is 78.3 Å². The van der Waals surface area contributed by atoms with Gasteiger partial charge in [-0.15, -0.1) is 0 Å². The number of halogens is 6. The second kappa shape index (κ2) is 12.5. The maximum atomic E-state index is 14.7. The molecule has 220 valence electrons. The highest BCUT2D eigenvalue weighted by Gasteiger charge is 2.53. The highest BCUT2D eigenvalue weighted by molar-refractivity contribution is 9.10. The fraction of sp³-hybridized carbons (Fsp3) is 0.241. The molecule has 0 spiro atoms. The molecular formula is C29H23BrClF4N3O4. The molecule has 3 aromatic rings. The van der Waals surface area contributed by atoms with Crippen molar-refractivity contribution in [3.05, 3.63) is 86.3 Å². The van der Waals surface area contributed by atoms with Crippen LogP contribution in [0.2, 0.25) is 5.02 Å². The lowest BCUT2D eigenvalue weighted by molar-refractivity contribution is -0.228. The van der Waals surface area contributed by atoms with Crippen molar-refractivity contribution in [1.29, 1.82) is 5.26 Å². The smallest absolute Gasteiger partial charge is 0.426 e. The van der Waals surface area contributed by atoms with Gasteiger partial charge in [0.05, 0.1) is 40.7 Å². The van der Waals surface area contributed by atoms with E-state index in [9.17, 15) is 31.9 Å². The summed E-state index contributed by atoms with van der Waals surface area (Å²) >= 11 is 9.29. The topological polar surface area (TPSA) is 90.7 Å². The number of nitrogens with zero attached hydrogens (tertiary/aromatic N) is 3. The van der Waals surface area contributed by atoms with Crippen LogP contribution >= 0.6 is 27.5 Å². The Morgan fingerprint density at radius 2 is 1.67 bits per heavy atom. The number of methoxy groups -OCH3 is 1. The van der Waals surface area contributed by atoms with Gasteiger partial charge in [0.25, 0.3) is 11.8 Å². The number of hydrogen-bond acceptors (Lipinski definition) is 5. The molecule has 0 heterocycles. The lowest BCUT2D eigenvalue weighted by atomic mass is 9.96. The fourth-order valence-electron chi connectivity index (χ4n) is 4.12. The normalized spacial score (nSPS) is 12.6. The van der Waals surface area contributed by atoms with Gasteiger partial charge in [-0.1, -0.05) is 17.7 Å².